The Morgan fingerprint density at radius 3 is 2.50 bits per heavy atom. The Morgan fingerprint density at radius 2 is 1.94 bits per heavy atom. The Labute approximate surface area is 97.2 Å². The molecule has 4 unspecified atom stereocenters. The van der Waals surface area contributed by atoms with Gasteiger partial charge in [0, 0.05) is 12.6 Å². The minimum absolute atomic E-state index is 0.124. The highest BCUT2D eigenvalue weighted by atomic mass is 16.1. The fraction of sp³-hybridized carbons (Fsp3) is 0.923. The van der Waals surface area contributed by atoms with E-state index in [-0.39, 0.29) is 17.9 Å². The summed E-state index contributed by atoms with van der Waals surface area (Å²) in [5.41, 5.74) is 6.16. The third kappa shape index (κ3) is 1.65. The van der Waals surface area contributed by atoms with Crippen LogP contribution in [0.15, 0.2) is 0 Å². The first-order valence-corrected chi connectivity index (χ1v) is 6.79. The van der Waals surface area contributed by atoms with Gasteiger partial charge in [-0.25, -0.2) is 0 Å². The van der Waals surface area contributed by atoms with Gasteiger partial charge in [-0.15, -0.1) is 0 Å². The highest BCUT2D eigenvalue weighted by Crippen LogP contribution is 2.47. The number of nitrogens with two attached hydrogens (primary N) is 1. The summed E-state index contributed by atoms with van der Waals surface area (Å²) >= 11 is 0. The quantitative estimate of drug-likeness (QED) is 0.755. The minimum atomic E-state index is 0.124. The third-order valence-electron chi connectivity index (χ3n) is 5.07. The molecule has 3 rings (SSSR count). The summed E-state index contributed by atoms with van der Waals surface area (Å²) in [6.07, 6.45) is 7.60. The van der Waals surface area contributed by atoms with E-state index in [9.17, 15) is 4.79 Å². The van der Waals surface area contributed by atoms with E-state index in [0.717, 1.165) is 12.5 Å². The average molecular weight is 222 g/mol. The van der Waals surface area contributed by atoms with E-state index in [1.807, 2.05) is 0 Å². The maximum absolute atomic E-state index is 12.1. The molecule has 0 aromatic heterocycles. The summed E-state index contributed by atoms with van der Waals surface area (Å²) in [5.74, 6) is 2.33. The lowest BCUT2D eigenvalue weighted by molar-refractivity contribution is -0.127. The normalized spacial score (nSPS) is 42.1. The smallest absolute Gasteiger partial charge is 0.224 e. The molecule has 3 nitrogen and oxygen atoms in total. The molecule has 1 amide bonds. The van der Waals surface area contributed by atoms with Crippen molar-refractivity contribution in [3.63, 3.8) is 0 Å². The Morgan fingerprint density at radius 1 is 1.19 bits per heavy atom. The van der Waals surface area contributed by atoms with Crippen LogP contribution in [0, 0.1) is 23.7 Å². The van der Waals surface area contributed by atoms with Crippen molar-refractivity contribution in [2.75, 3.05) is 6.54 Å². The largest absolute Gasteiger partial charge is 0.356 e. The van der Waals surface area contributed by atoms with Gasteiger partial charge in [0.05, 0.1) is 5.92 Å². The molecule has 0 aromatic rings. The summed E-state index contributed by atoms with van der Waals surface area (Å²) < 4.78 is 0. The van der Waals surface area contributed by atoms with Gasteiger partial charge in [-0.2, -0.15) is 0 Å². The second-order valence-corrected chi connectivity index (χ2v) is 5.98. The van der Waals surface area contributed by atoms with Crippen LogP contribution in [-0.4, -0.2) is 18.5 Å². The molecule has 0 saturated heterocycles. The second-order valence-electron chi connectivity index (χ2n) is 5.98. The van der Waals surface area contributed by atoms with Gasteiger partial charge < -0.3 is 11.1 Å². The van der Waals surface area contributed by atoms with Gasteiger partial charge in [0.25, 0.3) is 0 Å². The number of carbonyl (C=O) groups excluding carboxylic acids is 1. The number of fused-ring (bicyclic) bond motifs is 2. The molecular formula is C13H22N2O. The second kappa shape index (κ2) is 4.02. The van der Waals surface area contributed by atoms with Gasteiger partial charge in [-0.3, -0.25) is 4.79 Å². The minimum Gasteiger partial charge on any atom is -0.356 e. The Balaban J connectivity index is 1.53. The van der Waals surface area contributed by atoms with Gasteiger partial charge in [-0.05, 0) is 49.9 Å². The van der Waals surface area contributed by atoms with Gasteiger partial charge in [0.2, 0.25) is 5.91 Å². The first-order valence-electron chi connectivity index (χ1n) is 6.79. The van der Waals surface area contributed by atoms with E-state index < -0.39 is 0 Å². The van der Waals surface area contributed by atoms with E-state index in [4.69, 9.17) is 5.73 Å². The fourth-order valence-corrected chi connectivity index (χ4v) is 3.78. The zero-order chi connectivity index (χ0) is 11.1. The summed E-state index contributed by atoms with van der Waals surface area (Å²) in [4.78, 5) is 12.1. The third-order valence-corrected chi connectivity index (χ3v) is 5.07. The van der Waals surface area contributed by atoms with Gasteiger partial charge >= 0.3 is 0 Å². The number of rotatable bonds is 3. The fourth-order valence-electron chi connectivity index (χ4n) is 3.78. The van der Waals surface area contributed by atoms with Gasteiger partial charge in [0.15, 0.2) is 0 Å². The molecule has 3 saturated carbocycles. The molecule has 3 fully saturated rings. The first kappa shape index (κ1) is 10.6. The van der Waals surface area contributed by atoms with Crippen molar-refractivity contribution in [3.8, 4) is 0 Å². The molecule has 3 aliphatic carbocycles. The molecule has 90 valence electrons. The highest BCUT2D eigenvalue weighted by molar-refractivity contribution is 5.80. The molecule has 2 bridgehead atoms. The molecular weight excluding hydrogens is 200 g/mol. The number of carbonyl (C=O) groups is 1. The topological polar surface area (TPSA) is 55.1 Å². The molecule has 0 spiro atoms. The first-order chi connectivity index (χ1) is 7.75. The van der Waals surface area contributed by atoms with E-state index in [0.29, 0.717) is 11.8 Å². The Bertz CT molecular complexity index is 286. The van der Waals surface area contributed by atoms with Crippen LogP contribution in [0.4, 0.5) is 0 Å². The van der Waals surface area contributed by atoms with Crippen LogP contribution in [0.25, 0.3) is 0 Å². The molecule has 3 aliphatic rings. The summed E-state index contributed by atoms with van der Waals surface area (Å²) in [6.45, 7) is 0.888. The van der Waals surface area contributed by atoms with Crippen LogP contribution < -0.4 is 11.1 Å². The van der Waals surface area contributed by atoms with Gasteiger partial charge in [-0.1, -0.05) is 6.42 Å². The summed E-state index contributed by atoms with van der Waals surface area (Å²) in [5, 5.41) is 3.12. The molecule has 0 aromatic carbocycles. The maximum atomic E-state index is 12.1. The van der Waals surface area contributed by atoms with Crippen molar-refractivity contribution >= 4 is 5.91 Å². The molecule has 3 heteroatoms. The van der Waals surface area contributed by atoms with E-state index in [1.54, 1.807) is 0 Å². The van der Waals surface area contributed by atoms with Crippen LogP contribution in [0.2, 0.25) is 0 Å². The SMILES string of the molecule is NC1C2CCC(C2)C1C(=O)NCC1CCC1. The standard InChI is InChI=1S/C13H22N2O/c14-12-10-5-4-9(6-10)11(12)13(16)15-7-8-2-1-3-8/h8-12H,1-7,14H2,(H,15,16). The molecule has 0 radical (unpaired) electrons. The van der Waals surface area contributed by atoms with Crippen molar-refractivity contribution in [1.29, 1.82) is 0 Å². The molecule has 3 N–H and O–H groups in total. The lowest BCUT2D eigenvalue weighted by atomic mass is 9.83. The van der Waals surface area contributed by atoms with Crippen LogP contribution in [0.3, 0.4) is 0 Å². The molecule has 4 atom stereocenters. The monoisotopic (exact) mass is 222 g/mol. The predicted octanol–water partition coefficient (Wildman–Crippen LogP) is 1.28. The van der Waals surface area contributed by atoms with E-state index in [2.05, 4.69) is 5.32 Å². The predicted molar refractivity (Wildman–Crippen MR) is 62.6 cm³/mol. The highest BCUT2D eigenvalue weighted by Gasteiger charge is 2.48. The number of hydrogen-bond donors (Lipinski definition) is 2. The Kier molecular flexibility index (Phi) is 2.66. The van der Waals surface area contributed by atoms with Gasteiger partial charge in [0.1, 0.15) is 0 Å². The van der Waals surface area contributed by atoms with Crippen molar-refractivity contribution < 1.29 is 4.79 Å². The lowest BCUT2D eigenvalue weighted by Crippen LogP contribution is -2.46. The number of hydrogen-bond acceptors (Lipinski definition) is 2. The van der Waals surface area contributed by atoms with E-state index >= 15 is 0 Å². The van der Waals surface area contributed by atoms with Crippen molar-refractivity contribution in [1.82, 2.24) is 5.32 Å². The zero-order valence-electron chi connectivity index (χ0n) is 9.82. The summed E-state index contributed by atoms with van der Waals surface area (Å²) in [6, 6.07) is 0.139. The summed E-state index contributed by atoms with van der Waals surface area (Å²) in [7, 11) is 0. The van der Waals surface area contributed by atoms with Crippen molar-refractivity contribution in [2.45, 2.75) is 44.6 Å². The van der Waals surface area contributed by atoms with Crippen molar-refractivity contribution in [2.24, 2.45) is 29.4 Å². The molecule has 16 heavy (non-hydrogen) atoms. The number of amides is 1. The maximum Gasteiger partial charge on any atom is 0.224 e. The zero-order valence-corrected chi connectivity index (χ0v) is 9.82. The van der Waals surface area contributed by atoms with Crippen LogP contribution in [0.5, 0.6) is 0 Å². The molecule has 0 heterocycles. The Hall–Kier alpha value is -0.570. The van der Waals surface area contributed by atoms with E-state index in [1.165, 1.54) is 38.5 Å². The van der Waals surface area contributed by atoms with Crippen LogP contribution in [-0.2, 0) is 4.79 Å². The average Bonchev–Trinajstić information content (AvgIpc) is 2.74. The number of nitrogens with one attached hydrogen (secondary N) is 1. The lowest BCUT2D eigenvalue weighted by Gasteiger charge is -2.30. The van der Waals surface area contributed by atoms with Crippen LogP contribution >= 0.6 is 0 Å². The van der Waals surface area contributed by atoms with Crippen molar-refractivity contribution in [3.05, 3.63) is 0 Å². The van der Waals surface area contributed by atoms with Crippen LogP contribution in [0.1, 0.15) is 38.5 Å². The molecule has 0 aliphatic heterocycles.